The van der Waals surface area contributed by atoms with Crippen molar-refractivity contribution in [3.8, 4) is 16.8 Å². The van der Waals surface area contributed by atoms with Gasteiger partial charge in [0.1, 0.15) is 6.33 Å². The maximum absolute atomic E-state index is 14.0. The number of aliphatic hydroxyl groups excluding tert-OH is 1. The maximum Gasteiger partial charge on any atom is 0.223 e. The van der Waals surface area contributed by atoms with Gasteiger partial charge in [0, 0.05) is 11.3 Å². The molecule has 130 valence electrons. The summed E-state index contributed by atoms with van der Waals surface area (Å²) in [6.45, 7) is 1.70. The summed E-state index contributed by atoms with van der Waals surface area (Å²) in [6.07, 6.45) is 1.11. The van der Waals surface area contributed by atoms with E-state index < -0.39 is 18.0 Å². The molecule has 4 nitrogen and oxygen atoms in total. The van der Waals surface area contributed by atoms with Crippen molar-refractivity contribution in [1.82, 2.24) is 14.5 Å². The number of halogens is 2. The highest BCUT2D eigenvalue weighted by Gasteiger charge is 2.11. The van der Waals surface area contributed by atoms with Crippen LogP contribution in [-0.4, -0.2) is 19.6 Å². The molecule has 2 aromatic heterocycles. The molecule has 1 N–H and O–H groups in total. The molecular formula is C20H15F2N3O. The predicted molar refractivity (Wildman–Crippen MR) is 94.9 cm³/mol. The fourth-order valence-corrected chi connectivity index (χ4v) is 2.95. The van der Waals surface area contributed by atoms with Crippen LogP contribution >= 0.6 is 0 Å². The zero-order valence-electron chi connectivity index (χ0n) is 13.9. The topological polar surface area (TPSA) is 50.9 Å². The third kappa shape index (κ3) is 2.84. The highest BCUT2D eigenvalue weighted by Crippen LogP contribution is 2.27. The van der Waals surface area contributed by atoms with Crippen LogP contribution in [0.25, 0.3) is 27.8 Å². The Morgan fingerprint density at radius 3 is 2.65 bits per heavy atom. The average Bonchev–Trinajstić information content (AvgIpc) is 3.05. The second-order valence-electron chi connectivity index (χ2n) is 6.06. The summed E-state index contributed by atoms with van der Waals surface area (Å²) in [4.78, 5) is 7.63. The van der Waals surface area contributed by atoms with E-state index in [4.69, 9.17) is 0 Å². The van der Waals surface area contributed by atoms with Crippen molar-refractivity contribution >= 4 is 11.0 Å². The molecule has 4 aromatic rings. The Bertz CT molecular complexity index is 1110. The maximum atomic E-state index is 14.0. The van der Waals surface area contributed by atoms with Crippen LogP contribution in [0.4, 0.5) is 8.78 Å². The van der Waals surface area contributed by atoms with E-state index in [2.05, 4.69) is 9.97 Å². The lowest BCUT2D eigenvalue weighted by molar-refractivity contribution is 0.199. The smallest absolute Gasteiger partial charge is 0.223 e. The van der Waals surface area contributed by atoms with Crippen LogP contribution in [-0.2, 0) is 0 Å². The number of pyridine rings is 1. The van der Waals surface area contributed by atoms with Gasteiger partial charge in [-0.25, -0.2) is 4.98 Å². The standard InChI is InChI=1S/C20H15F2N3O/c1-12(26)13-5-7-18-17(10-13)23-11-25(18)15-4-2-3-14(9-15)16-6-8-19(21)24-20(16)22/h2-12,26H,1H3/t12-/m0/s1. The minimum absolute atomic E-state index is 0.231. The van der Waals surface area contributed by atoms with Gasteiger partial charge in [-0.1, -0.05) is 18.2 Å². The van der Waals surface area contributed by atoms with Crippen molar-refractivity contribution in [3.63, 3.8) is 0 Å². The Balaban J connectivity index is 1.81. The first-order valence-electron chi connectivity index (χ1n) is 8.11. The molecule has 0 aliphatic carbocycles. The second-order valence-corrected chi connectivity index (χ2v) is 6.06. The molecule has 2 heterocycles. The first kappa shape index (κ1) is 16.4. The average molecular weight is 351 g/mol. The van der Waals surface area contributed by atoms with Gasteiger partial charge in [-0.3, -0.25) is 4.57 Å². The minimum Gasteiger partial charge on any atom is -0.389 e. The fraction of sp³-hybridized carbons (Fsp3) is 0.100. The number of aliphatic hydroxyl groups is 1. The van der Waals surface area contributed by atoms with Gasteiger partial charge in [-0.2, -0.15) is 13.8 Å². The number of benzene rings is 2. The number of nitrogens with zero attached hydrogens (tertiary/aromatic N) is 3. The van der Waals surface area contributed by atoms with Crippen LogP contribution in [0.5, 0.6) is 0 Å². The second kappa shape index (κ2) is 6.31. The third-order valence-electron chi connectivity index (χ3n) is 4.30. The van der Waals surface area contributed by atoms with E-state index in [-0.39, 0.29) is 5.56 Å². The molecule has 0 amide bonds. The van der Waals surface area contributed by atoms with Crippen LogP contribution < -0.4 is 0 Å². The summed E-state index contributed by atoms with van der Waals surface area (Å²) in [5.41, 5.74) is 4.02. The number of fused-ring (bicyclic) bond motifs is 1. The van der Waals surface area contributed by atoms with Crippen LogP contribution in [0.2, 0.25) is 0 Å². The molecule has 0 saturated heterocycles. The van der Waals surface area contributed by atoms with E-state index in [1.165, 1.54) is 6.07 Å². The number of hydrogen-bond acceptors (Lipinski definition) is 3. The highest BCUT2D eigenvalue weighted by atomic mass is 19.1. The van der Waals surface area contributed by atoms with Gasteiger partial charge in [-0.15, -0.1) is 0 Å². The molecule has 0 spiro atoms. The summed E-state index contributed by atoms with van der Waals surface area (Å²) in [6, 6.07) is 15.3. The summed E-state index contributed by atoms with van der Waals surface area (Å²) >= 11 is 0. The summed E-state index contributed by atoms with van der Waals surface area (Å²) in [5.74, 6) is -1.70. The zero-order chi connectivity index (χ0) is 18.3. The van der Waals surface area contributed by atoms with E-state index in [9.17, 15) is 13.9 Å². The van der Waals surface area contributed by atoms with E-state index >= 15 is 0 Å². The Morgan fingerprint density at radius 2 is 1.88 bits per heavy atom. The predicted octanol–water partition coefficient (Wildman–Crippen LogP) is 4.42. The lowest BCUT2D eigenvalue weighted by Gasteiger charge is -2.09. The number of imidazole rings is 1. The molecule has 0 bridgehead atoms. The van der Waals surface area contributed by atoms with Crippen molar-refractivity contribution in [3.05, 3.63) is 78.4 Å². The van der Waals surface area contributed by atoms with E-state index in [0.717, 1.165) is 28.4 Å². The molecule has 4 rings (SSSR count). The Morgan fingerprint density at radius 1 is 1.04 bits per heavy atom. The van der Waals surface area contributed by atoms with Crippen molar-refractivity contribution in [2.45, 2.75) is 13.0 Å². The van der Waals surface area contributed by atoms with Crippen molar-refractivity contribution < 1.29 is 13.9 Å². The Hall–Kier alpha value is -3.12. The normalized spacial score (nSPS) is 12.5. The number of aromatic nitrogens is 3. The molecule has 6 heteroatoms. The van der Waals surface area contributed by atoms with Crippen molar-refractivity contribution in [2.24, 2.45) is 0 Å². The molecule has 0 unspecified atom stereocenters. The monoisotopic (exact) mass is 351 g/mol. The molecule has 0 fully saturated rings. The van der Waals surface area contributed by atoms with E-state index in [0.29, 0.717) is 5.56 Å². The molecule has 0 saturated carbocycles. The molecule has 0 aliphatic heterocycles. The molecule has 0 radical (unpaired) electrons. The van der Waals surface area contributed by atoms with Gasteiger partial charge in [0.25, 0.3) is 0 Å². The van der Waals surface area contributed by atoms with Crippen LogP contribution in [0, 0.1) is 11.9 Å². The quantitative estimate of drug-likeness (QED) is 0.556. The van der Waals surface area contributed by atoms with Crippen molar-refractivity contribution in [2.75, 3.05) is 0 Å². The molecule has 26 heavy (non-hydrogen) atoms. The lowest BCUT2D eigenvalue weighted by Crippen LogP contribution is -1.96. The van der Waals surface area contributed by atoms with Gasteiger partial charge < -0.3 is 5.11 Å². The molecule has 1 atom stereocenters. The summed E-state index contributed by atoms with van der Waals surface area (Å²) in [7, 11) is 0. The lowest BCUT2D eigenvalue weighted by atomic mass is 10.1. The van der Waals surface area contributed by atoms with Gasteiger partial charge in [0.15, 0.2) is 0 Å². The van der Waals surface area contributed by atoms with Crippen LogP contribution in [0.3, 0.4) is 0 Å². The summed E-state index contributed by atoms with van der Waals surface area (Å²) in [5, 5.41) is 9.71. The Kier molecular flexibility index (Phi) is 3.97. The van der Waals surface area contributed by atoms with Gasteiger partial charge in [-0.05, 0) is 54.4 Å². The minimum atomic E-state index is -0.850. The molecule has 0 aliphatic rings. The van der Waals surface area contributed by atoms with Gasteiger partial charge in [0.05, 0.1) is 17.1 Å². The number of hydrogen-bond donors (Lipinski definition) is 1. The first-order chi connectivity index (χ1) is 12.5. The van der Waals surface area contributed by atoms with Crippen LogP contribution in [0.1, 0.15) is 18.6 Å². The largest absolute Gasteiger partial charge is 0.389 e. The number of rotatable bonds is 3. The highest BCUT2D eigenvalue weighted by molar-refractivity contribution is 5.79. The van der Waals surface area contributed by atoms with Gasteiger partial charge >= 0.3 is 0 Å². The first-order valence-corrected chi connectivity index (χ1v) is 8.11. The molecule has 2 aromatic carbocycles. The summed E-state index contributed by atoms with van der Waals surface area (Å²) < 4.78 is 28.9. The van der Waals surface area contributed by atoms with Gasteiger partial charge in [0.2, 0.25) is 11.9 Å². The zero-order valence-corrected chi connectivity index (χ0v) is 13.9. The Labute approximate surface area is 148 Å². The molecular weight excluding hydrogens is 336 g/mol. The van der Waals surface area contributed by atoms with Crippen LogP contribution in [0.15, 0.2) is 60.9 Å². The van der Waals surface area contributed by atoms with Crippen molar-refractivity contribution in [1.29, 1.82) is 0 Å². The SMILES string of the molecule is C[C@H](O)c1ccc2c(c1)ncn2-c1cccc(-c2ccc(F)nc2F)c1. The van der Waals surface area contributed by atoms with E-state index in [1.807, 2.05) is 28.8 Å². The third-order valence-corrected chi connectivity index (χ3v) is 4.30. The fourth-order valence-electron chi connectivity index (χ4n) is 2.95. The van der Waals surface area contributed by atoms with E-state index in [1.54, 1.807) is 31.5 Å².